The molecule has 5 rings (SSSR count). The highest BCUT2D eigenvalue weighted by atomic mass is 15.5. The number of amidine groups is 1. The van der Waals surface area contributed by atoms with E-state index in [0.29, 0.717) is 5.82 Å². The lowest BCUT2D eigenvalue weighted by atomic mass is 9.98. The van der Waals surface area contributed by atoms with Gasteiger partial charge in [0.2, 0.25) is 5.82 Å². The summed E-state index contributed by atoms with van der Waals surface area (Å²) < 4.78 is 2.38. The Labute approximate surface area is 181 Å². The van der Waals surface area contributed by atoms with Crippen molar-refractivity contribution in [1.82, 2.24) is 25.2 Å². The second-order valence-electron chi connectivity index (χ2n) is 7.87. The third-order valence-electron chi connectivity index (χ3n) is 5.83. The van der Waals surface area contributed by atoms with Gasteiger partial charge in [-0.25, -0.2) is 0 Å². The van der Waals surface area contributed by atoms with Crippen LogP contribution in [0.15, 0.2) is 59.6 Å². The van der Waals surface area contributed by atoms with E-state index in [1.165, 1.54) is 22.6 Å². The summed E-state index contributed by atoms with van der Waals surface area (Å²) in [6.07, 6.45) is 0.983. The monoisotopic (exact) mass is 411 g/mol. The van der Waals surface area contributed by atoms with Crippen molar-refractivity contribution in [2.45, 2.75) is 39.8 Å². The Bertz CT molecular complexity index is 1230. The molecule has 0 amide bonds. The van der Waals surface area contributed by atoms with Crippen LogP contribution in [0.1, 0.15) is 43.6 Å². The van der Waals surface area contributed by atoms with E-state index >= 15 is 0 Å². The molecule has 2 N–H and O–H groups in total. The van der Waals surface area contributed by atoms with Crippen molar-refractivity contribution in [2.75, 3.05) is 5.32 Å². The van der Waals surface area contributed by atoms with Crippen LogP contribution in [0.3, 0.4) is 0 Å². The molecular weight excluding hydrogens is 386 g/mol. The maximum absolute atomic E-state index is 4.67. The van der Waals surface area contributed by atoms with Gasteiger partial charge in [-0.15, -0.1) is 10.2 Å². The number of benzene rings is 2. The predicted molar refractivity (Wildman–Crippen MR) is 123 cm³/mol. The fourth-order valence-electron chi connectivity index (χ4n) is 4.30. The van der Waals surface area contributed by atoms with Gasteiger partial charge in [0.25, 0.3) is 0 Å². The number of aromatic nitrogens is 5. The zero-order valence-corrected chi connectivity index (χ0v) is 17.9. The predicted octanol–water partition coefficient (Wildman–Crippen LogP) is 4.85. The normalized spacial score (nSPS) is 15.3. The summed E-state index contributed by atoms with van der Waals surface area (Å²) in [4.78, 5) is 4.67. The number of rotatable bonds is 5. The van der Waals surface area contributed by atoms with Crippen LogP contribution in [-0.2, 0) is 13.0 Å². The molecule has 7 nitrogen and oxygen atoms in total. The molecule has 0 saturated heterocycles. The molecule has 0 radical (unpaired) electrons. The van der Waals surface area contributed by atoms with Crippen LogP contribution in [-0.4, -0.2) is 31.0 Å². The summed E-state index contributed by atoms with van der Waals surface area (Å²) in [6.45, 7) is 7.20. The number of H-pyrrole nitrogens is 1. The quantitative estimate of drug-likeness (QED) is 0.492. The van der Waals surface area contributed by atoms with E-state index in [1.54, 1.807) is 0 Å². The molecule has 1 atom stereocenters. The van der Waals surface area contributed by atoms with Gasteiger partial charge in [0.1, 0.15) is 5.82 Å². The standard InChI is InChI=1S/C24H25N7/c1-4-19-13-22-15(2)25-16(3)26-24(22)31(19)14-17-9-11-18(12-10-17)20-7-5-6-8-21(20)23-27-29-30-28-23/h5-13,15H,4,14H2,1-3H3,(H,25,26)(H,27,28,29,30). The molecule has 4 aromatic rings. The Morgan fingerprint density at radius 2 is 1.81 bits per heavy atom. The number of hydrogen-bond acceptors (Lipinski definition) is 5. The molecule has 2 aromatic carbocycles. The number of fused-ring (bicyclic) bond motifs is 1. The highest BCUT2D eigenvalue weighted by Crippen LogP contribution is 2.34. The van der Waals surface area contributed by atoms with Gasteiger partial charge in [-0.3, -0.25) is 4.99 Å². The highest BCUT2D eigenvalue weighted by molar-refractivity contribution is 5.95. The fraction of sp³-hybridized carbons (Fsp3) is 0.250. The fourth-order valence-corrected chi connectivity index (χ4v) is 4.30. The van der Waals surface area contributed by atoms with Crippen molar-refractivity contribution in [1.29, 1.82) is 0 Å². The van der Waals surface area contributed by atoms with Gasteiger partial charge >= 0.3 is 0 Å². The maximum atomic E-state index is 4.67. The molecule has 0 fully saturated rings. The van der Waals surface area contributed by atoms with Gasteiger partial charge in [-0.2, -0.15) is 5.21 Å². The Kier molecular flexibility index (Phi) is 4.86. The van der Waals surface area contributed by atoms with E-state index in [1.807, 2.05) is 25.1 Å². The number of nitrogens with zero attached hydrogens (tertiary/aromatic N) is 5. The second-order valence-corrected chi connectivity index (χ2v) is 7.87. The molecular formula is C24H25N7. The van der Waals surface area contributed by atoms with E-state index in [0.717, 1.165) is 35.5 Å². The summed E-state index contributed by atoms with van der Waals surface area (Å²) in [5.41, 5.74) is 7.02. The lowest BCUT2D eigenvalue weighted by Crippen LogP contribution is -2.19. The Morgan fingerprint density at radius 3 is 2.52 bits per heavy atom. The Balaban J connectivity index is 1.46. The Morgan fingerprint density at radius 1 is 1.03 bits per heavy atom. The number of aromatic amines is 1. The first kappa shape index (κ1) is 19.2. The minimum atomic E-state index is 0.187. The lowest BCUT2D eigenvalue weighted by molar-refractivity contribution is 0.747. The molecule has 1 aliphatic heterocycles. The van der Waals surface area contributed by atoms with Gasteiger partial charge in [0.05, 0.1) is 11.9 Å². The van der Waals surface area contributed by atoms with Crippen LogP contribution in [0.5, 0.6) is 0 Å². The molecule has 31 heavy (non-hydrogen) atoms. The Hall–Kier alpha value is -3.74. The molecule has 1 unspecified atom stereocenters. The van der Waals surface area contributed by atoms with Gasteiger partial charge in [0, 0.05) is 23.4 Å². The zero-order chi connectivity index (χ0) is 21.4. The summed E-state index contributed by atoms with van der Waals surface area (Å²) in [6, 6.07) is 19.3. The molecule has 0 aliphatic carbocycles. The van der Waals surface area contributed by atoms with Crippen molar-refractivity contribution < 1.29 is 0 Å². The minimum absolute atomic E-state index is 0.187. The molecule has 0 spiro atoms. The van der Waals surface area contributed by atoms with E-state index in [2.05, 4.69) is 85.7 Å². The van der Waals surface area contributed by atoms with Crippen LogP contribution in [0.2, 0.25) is 0 Å². The first-order valence-corrected chi connectivity index (χ1v) is 10.6. The number of aryl methyl sites for hydroxylation is 1. The van der Waals surface area contributed by atoms with Gasteiger partial charge in [-0.1, -0.05) is 55.5 Å². The van der Waals surface area contributed by atoms with Crippen LogP contribution in [0, 0.1) is 0 Å². The smallest absolute Gasteiger partial charge is 0.205 e. The molecule has 1 aliphatic rings. The number of hydrogen-bond donors (Lipinski definition) is 2. The SMILES string of the molecule is CCc1cc2c(n1Cc1ccc(-c3ccccc3-c3nn[nH]n3)cc1)NC(C)=NC2C. The van der Waals surface area contributed by atoms with E-state index in [-0.39, 0.29) is 6.04 Å². The summed E-state index contributed by atoms with van der Waals surface area (Å²) in [5.74, 6) is 2.74. The summed E-state index contributed by atoms with van der Waals surface area (Å²) >= 11 is 0. The largest absolute Gasteiger partial charge is 0.330 e. The van der Waals surface area contributed by atoms with Gasteiger partial charge in [0.15, 0.2) is 0 Å². The molecule has 156 valence electrons. The van der Waals surface area contributed by atoms with Crippen LogP contribution < -0.4 is 5.32 Å². The molecule has 3 heterocycles. The van der Waals surface area contributed by atoms with Crippen molar-refractivity contribution in [3.8, 4) is 22.5 Å². The molecule has 2 aromatic heterocycles. The number of tetrazole rings is 1. The van der Waals surface area contributed by atoms with E-state index in [9.17, 15) is 0 Å². The zero-order valence-electron chi connectivity index (χ0n) is 17.9. The number of aliphatic imine (C=N–C) groups is 1. The summed E-state index contributed by atoms with van der Waals surface area (Å²) in [7, 11) is 0. The average molecular weight is 412 g/mol. The van der Waals surface area contributed by atoms with Crippen molar-refractivity contribution in [3.63, 3.8) is 0 Å². The molecule has 0 bridgehead atoms. The topological polar surface area (TPSA) is 83.8 Å². The third kappa shape index (κ3) is 3.52. The van der Waals surface area contributed by atoms with E-state index in [4.69, 9.17) is 0 Å². The number of nitrogens with one attached hydrogen (secondary N) is 2. The molecule has 7 heteroatoms. The molecule has 0 saturated carbocycles. The first-order valence-electron chi connectivity index (χ1n) is 10.6. The van der Waals surface area contributed by atoms with Crippen LogP contribution >= 0.6 is 0 Å². The van der Waals surface area contributed by atoms with Crippen LogP contribution in [0.25, 0.3) is 22.5 Å². The van der Waals surface area contributed by atoms with E-state index < -0.39 is 0 Å². The van der Waals surface area contributed by atoms with Crippen LogP contribution in [0.4, 0.5) is 5.82 Å². The van der Waals surface area contributed by atoms with Crippen molar-refractivity contribution in [3.05, 3.63) is 71.4 Å². The third-order valence-corrected chi connectivity index (χ3v) is 5.83. The number of anilines is 1. The van der Waals surface area contributed by atoms with Gasteiger partial charge in [-0.05, 0) is 48.2 Å². The van der Waals surface area contributed by atoms with Crippen molar-refractivity contribution in [2.24, 2.45) is 4.99 Å². The summed E-state index contributed by atoms with van der Waals surface area (Å²) in [5, 5.41) is 18.0. The first-order chi connectivity index (χ1) is 15.1. The minimum Gasteiger partial charge on any atom is -0.330 e. The lowest BCUT2D eigenvalue weighted by Gasteiger charge is -2.21. The second kappa shape index (κ2) is 7.83. The maximum Gasteiger partial charge on any atom is 0.205 e. The average Bonchev–Trinajstić information content (AvgIpc) is 3.43. The van der Waals surface area contributed by atoms with Crippen molar-refractivity contribution >= 4 is 11.7 Å². The van der Waals surface area contributed by atoms with Gasteiger partial charge < -0.3 is 9.88 Å². The highest BCUT2D eigenvalue weighted by Gasteiger charge is 2.22.